The second-order valence-electron chi connectivity index (χ2n) is 4.65. The minimum absolute atomic E-state index is 0.0776. The molecule has 1 aromatic heterocycles. The third-order valence-corrected chi connectivity index (χ3v) is 4.70. The van der Waals surface area contributed by atoms with Crippen molar-refractivity contribution in [2.75, 3.05) is 11.5 Å². The summed E-state index contributed by atoms with van der Waals surface area (Å²) in [5.41, 5.74) is 0.422. The molecule has 0 radical (unpaired) electrons. The normalized spacial score (nSPS) is 22.4. The first-order chi connectivity index (χ1) is 9.65. The second kappa shape index (κ2) is 5.71. The lowest BCUT2D eigenvalue weighted by molar-refractivity contribution is 0.164. The Morgan fingerprint density at radius 2 is 2.30 bits per heavy atom. The third-order valence-electron chi connectivity index (χ3n) is 3.23. The summed E-state index contributed by atoms with van der Waals surface area (Å²) in [6, 6.07) is 4.81. The Bertz CT molecular complexity index is 622. The fraction of sp³-hybridized carbons (Fsp3) is 0.385. The fourth-order valence-electron chi connectivity index (χ4n) is 2.12. The first kappa shape index (κ1) is 13.9. The zero-order valence-electron chi connectivity index (χ0n) is 10.4. The molecule has 2 atom stereocenters. The molecular weight excluding hydrogens is 303 g/mol. The van der Waals surface area contributed by atoms with Crippen molar-refractivity contribution in [2.24, 2.45) is 0 Å². The summed E-state index contributed by atoms with van der Waals surface area (Å²) in [5, 5.41) is 13.7. The summed E-state index contributed by atoms with van der Waals surface area (Å²) < 4.78 is 19.0. The number of nitrogens with zero attached hydrogens (tertiary/aromatic N) is 2. The molecule has 2 heterocycles. The highest BCUT2D eigenvalue weighted by Crippen LogP contribution is 2.32. The second-order valence-corrected chi connectivity index (χ2v) is 6.13. The molecule has 1 aliphatic rings. The molecule has 1 fully saturated rings. The number of hydrogen-bond donors (Lipinski definition) is 1. The predicted octanol–water partition coefficient (Wildman–Crippen LogP) is 2.64. The summed E-state index contributed by atoms with van der Waals surface area (Å²) >= 11 is 7.38. The van der Waals surface area contributed by atoms with Gasteiger partial charge < -0.3 is 9.63 Å². The lowest BCUT2D eigenvalue weighted by Crippen LogP contribution is -2.15. The molecule has 1 aromatic carbocycles. The molecule has 3 rings (SSSR count). The number of benzene rings is 1. The van der Waals surface area contributed by atoms with Gasteiger partial charge in [0.2, 0.25) is 5.89 Å². The molecule has 1 aliphatic heterocycles. The molecule has 106 valence electrons. The van der Waals surface area contributed by atoms with Crippen LogP contribution >= 0.6 is 23.4 Å². The summed E-state index contributed by atoms with van der Waals surface area (Å²) in [7, 11) is 0. The van der Waals surface area contributed by atoms with Gasteiger partial charge in [-0.1, -0.05) is 28.9 Å². The Hall–Kier alpha value is -1.11. The Morgan fingerprint density at radius 1 is 1.45 bits per heavy atom. The SMILES string of the molecule is OC1CSCC1c1nc(Cc2cccc(Cl)c2F)no1. The molecule has 20 heavy (non-hydrogen) atoms. The number of halogens is 2. The lowest BCUT2D eigenvalue weighted by Gasteiger charge is -2.06. The molecule has 1 N–H and O–H groups in total. The molecule has 7 heteroatoms. The van der Waals surface area contributed by atoms with Crippen molar-refractivity contribution in [1.29, 1.82) is 0 Å². The van der Waals surface area contributed by atoms with Gasteiger partial charge in [0.25, 0.3) is 0 Å². The van der Waals surface area contributed by atoms with Gasteiger partial charge in [-0.3, -0.25) is 0 Å². The Morgan fingerprint density at radius 3 is 3.05 bits per heavy atom. The molecule has 0 spiro atoms. The zero-order valence-corrected chi connectivity index (χ0v) is 12.0. The van der Waals surface area contributed by atoms with E-state index < -0.39 is 11.9 Å². The highest BCUT2D eigenvalue weighted by atomic mass is 35.5. The maximum Gasteiger partial charge on any atom is 0.233 e. The standard InChI is InChI=1S/C13H12ClFN2O2S/c14-9-3-1-2-7(12(9)15)4-11-16-13(19-17-11)8-5-20-6-10(8)18/h1-3,8,10,18H,4-6H2. The maximum atomic E-state index is 13.8. The van der Waals surface area contributed by atoms with Gasteiger partial charge in [-0.05, 0) is 11.6 Å². The molecule has 0 saturated carbocycles. The predicted molar refractivity (Wildman–Crippen MR) is 74.6 cm³/mol. The Balaban J connectivity index is 1.79. The highest BCUT2D eigenvalue weighted by Gasteiger charge is 2.32. The van der Waals surface area contributed by atoms with Crippen LogP contribution in [-0.4, -0.2) is 32.9 Å². The van der Waals surface area contributed by atoms with Gasteiger partial charge in [0.15, 0.2) is 5.82 Å². The van der Waals surface area contributed by atoms with Crippen LogP contribution in [0.3, 0.4) is 0 Å². The van der Waals surface area contributed by atoms with Crippen molar-refractivity contribution < 1.29 is 14.0 Å². The van der Waals surface area contributed by atoms with Crippen molar-refractivity contribution in [3.63, 3.8) is 0 Å². The van der Waals surface area contributed by atoms with E-state index in [0.717, 1.165) is 5.75 Å². The maximum absolute atomic E-state index is 13.8. The van der Waals surface area contributed by atoms with Crippen molar-refractivity contribution in [3.8, 4) is 0 Å². The van der Waals surface area contributed by atoms with Gasteiger partial charge in [0.1, 0.15) is 5.82 Å². The molecule has 2 aromatic rings. The van der Waals surface area contributed by atoms with E-state index in [1.165, 1.54) is 6.07 Å². The van der Waals surface area contributed by atoms with E-state index >= 15 is 0 Å². The van der Waals surface area contributed by atoms with E-state index in [-0.39, 0.29) is 17.4 Å². The zero-order chi connectivity index (χ0) is 14.1. The van der Waals surface area contributed by atoms with Crippen molar-refractivity contribution in [2.45, 2.75) is 18.4 Å². The topological polar surface area (TPSA) is 59.2 Å². The van der Waals surface area contributed by atoms with E-state index in [1.807, 2.05) is 0 Å². The third kappa shape index (κ3) is 2.68. The van der Waals surface area contributed by atoms with Gasteiger partial charge in [-0.15, -0.1) is 0 Å². The van der Waals surface area contributed by atoms with E-state index in [1.54, 1.807) is 23.9 Å². The van der Waals surface area contributed by atoms with Crippen molar-refractivity contribution >= 4 is 23.4 Å². The van der Waals surface area contributed by atoms with Crippen molar-refractivity contribution in [1.82, 2.24) is 10.1 Å². The molecule has 4 nitrogen and oxygen atoms in total. The molecule has 2 unspecified atom stereocenters. The van der Waals surface area contributed by atoms with Crippen LogP contribution in [0, 0.1) is 5.82 Å². The van der Waals surface area contributed by atoms with E-state index in [0.29, 0.717) is 23.0 Å². The lowest BCUT2D eigenvalue weighted by atomic mass is 10.1. The van der Waals surface area contributed by atoms with Gasteiger partial charge in [0.05, 0.1) is 17.0 Å². The Kier molecular flexibility index (Phi) is 3.96. The smallest absolute Gasteiger partial charge is 0.233 e. The number of rotatable bonds is 3. The highest BCUT2D eigenvalue weighted by molar-refractivity contribution is 7.99. The van der Waals surface area contributed by atoms with Crippen molar-refractivity contribution in [3.05, 3.63) is 46.3 Å². The van der Waals surface area contributed by atoms with Crippen LogP contribution in [0.1, 0.15) is 23.2 Å². The molecule has 0 amide bonds. The summed E-state index contributed by atoms with van der Waals surface area (Å²) in [6.45, 7) is 0. The number of aliphatic hydroxyl groups is 1. The molecule has 1 saturated heterocycles. The van der Waals surface area contributed by atoms with Gasteiger partial charge in [0, 0.05) is 17.9 Å². The molecule has 0 aliphatic carbocycles. The molecular formula is C13H12ClFN2O2S. The van der Waals surface area contributed by atoms with Crippen LogP contribution in [-0.2, 0) is 6.42 Å². The summed E-state index contributed by atoms with van der Waals surface area (Å²) in [5.74, 6) is 1.65. The Labute approximate surface area is 124 Å². The summed E-state index contributed by atoms with van der Waals surface area (Å²) in [4.78, 5) is 4.25. The number of aliphatic hydroxyl groups excluding tert-OH is 1. The van der Waals surface area contributed by atoms with Crippen LogP contribution in [0.15, 0.2) is 22.7 Å². The van der Waals surface area contributed by atoms with Gasteiger partial charge in [-0.2, -0.15) is 16.7 Å². The van der Waals surface area contributed by atoms with Crippen LogP contribution in [0.25, 0.3) is 0 Å². The van der Waals surface area contributed by atoms with Gasteiger partial charge >= 0.3 is 0 Å². The summed E-state index contributed by atoms with van der Waals surface area (Å²) in [6.07, 6.45) is -0.248. The first-order valence-electron chi connectivity index (χ1n) is 6.16. The minimum Gasteiger partial charge on any atom is -0.391 e. The van der Waals surface area contributed by atoms with Gasteiger partial charge in [-0.25, -0.2) is 4.39 Å². The van der Waals surface area contributed by atoms with E-state index in [2.05, 4.69) is 10.1 Å². The largest absolute Gasteiger partial charge is 0.391 e. The first-order valence-corrected chi connectivity index (χ1v) is 7.69. The fourth-order valence-corrected chi connectivity index (χ4v) is 3.55. The van der Waals surface area contributed by atoms with E-state index in [4.69, 9.17) is 16.1 Å². The number of aromatic nitrogens is 2. The van der Waals surface area contributed by atoms with Crippen LogP contribution in [0.4, 0.5) is 4.39 Å². The average Bonchev–Trinajstić information content (AvgIpc) is 3.04. The number of thioether (sulfide) groups is 1. The van der Waals surface area contributed by atoms with Crippen LogP contribution in [0.2, 0.25) is 5.02 Å². The quantitative estimate of drug-likeness (QED) is 0.944. The average molecular weight is 315 g/mol. The molecule has 0 bridgehead atoms. The minimum atomic E-state index is -0.462. The van der Waals surface area contributed by atoms with Crippen LogP contribution < -0.4 is 0 Å². The number of hydrogen-bond acceptors (Lipinski definition) is 5. The monoisotopic (exact) mass is 314 g/mol. The van der Waals surface area contributed by atoms with Crippen LogP contribution in [0.5, 0.6) is 0 Å². The van der Waals surface area contributed by atoms with E-state index in [9.17, 15) is 9.50 Å².